The molecule has 0 radical (unpaired) electrons. The van der Waals surface area contributed by atoms with Gasteiger partial charge in [-0.05, 0) is 51.4 Å². The van der Waals surface area contributed by atoms with Crippen LogP contribution in [0, 0.1) is 17.3 Å². The summed E-state index contributed by atoms with van der Waals surface area (Å²) < 4.78 is 0. The van der Waals surface area contributed by atoms with Crippen molar-refractivity contribution in [3.63, 3.8) is 0 Å². The summed E-state index contributed by atoms with van der Waals surface area (Å²) in [4.78, 5) is 11.5. The van der Waals surface area contributed by atoms with Crippen LogP contribution in [0.25, 0.3) is 0 Å². The van der Waals surface area contributed by atoms with Crippen molar-refractivity contribution in [2.24, 2.45) is 17.3 Å². The second kappa shape index (κ2) is 3.21. The molecule has 2 saturated carbocycles. The summed E-state index contributed by atoms with van der Waals surface area (Å²) in [5.74, 6) is 0.191. The van der Waals surface area contributed by atoms with Gasteiger partial charge in [0, 0.05) is 0 Å². The molecule has 0 amide bonds. The Kier molecular flexibility index (Phi) is 2.34. The van der Waals surface area contributed by atoms with E-state index in [9.17, 15) is 15.0 Å². The first-order chi connectivity index (χ1) is 6.83. The van der Waals surface area contributed by atoms with Crippen LogP contribution in [0.5, 0.6) is 0 Å². The van der Waals surface area contributed by atoms with E-state index in [0.29, 0.717) is 18.3 Å². The van der Waals surface area contributed by atoms with Gasteiger partial charge in [0.05, 0.1) is 11.0 Å². The molecule has 15 heavy (non-hydrogen) atoms. The predicted octanol–water partition coefficient (Wildman–Crippen LogP) is 2.04. The van der Waals surface area contributed by atoms with Gasteiger partial charge in [0.1, 0.15) is 0 Å². The number of fused-ring (bicyclic) bond motifs is 2. The number of carbonyl (C=O) groups is 1. The zero-order valence-corrected chi connectivity index (χ0v) is 9.49. The second-order valence-electron chi connectivity index (χ2n) is 6.03. The molecule has 2 rings (SSSR count). The van der Waals surface area contributed by atoms with Crippen molar-refractivity contribution in [1.29, 1.82) is 0 Å². The van der Waals surface area contributed by atoms with E-state index in [1.54, 1.807) is 13.8 Å². The fraction of sp³-hybridized carbons (Fsp3) is 0.917. The van der Waals surface area contributed by atoms with Crippen molar-refractivity contribution in [2.45, 2.75) is 51.6 Å². The summed E-state index contributed by atoms with van der Waals surface area (Å²) in [5.41, 5.74) is -1.51. The van der Waals surface area contributed by atoms with E-state index >= 15 is 0 Å². The largest absolute Gasteiger partial charge is 0.481 e. The van der Waals surface area contributed by atoms with Gasteiger partial charge >= 0.3 is 5.97 Å². The van der Waals surface area contributed by atoms with Crippen LogP contribution in [-0.2, 0) is 4.79 Å². The van der Waals surface area contributed by atoms with Gasteiger partial charge in [-0.3, -0.25) is 4.79 Å². The van der Waals surface area contributed by atoms with Crippen LogP contribution in [0.2, 0.25) is 0 Å². The lowest BCUT2D eigenvalue weighted by Crippen LogP contribution is -2.42. The number of carboxylic acid groups (broad SMARTS) is 1. The quantitative estimate of drug-likeness (QED) is 0.752. The molecule has 86 valence electrons. The molecule has 3 nitrogen and oxygen atoms in total. The van der Waals surface area contributed by atoms with E-state index in [2.05, 4.69) is 0 Å². The van der Waals surface area contributed by atoms with Crippen LogP contribution in [0.3, 0.4) is 0 Å². The topological polar surface area (TPSA) is 57.5 Å². The number of rotatable bonds is 3. The third-order valence-electron chi connectivity index (χ3n) is 4.15. The average Bonchev–Trinajstić information content (AvgIpc) is 2.59. The molecule has 0 saturated heterocycles. The first kappa shape index (κ1) is 10.9. The number of hydrogen-bond donors (Lipinski definition) is 2. The summed E-state index contributed by atoms with van der Waals surface area (Å²) in [7, 11) is 0. The standard InChI is InChI=1S/C12H20O3/c1-11(2,15)7-12(10(13)14)6-8-3-4-9(12)5-8/h8-9,15H,3-7H2,1-2H3,(H,13,14). The molecule has 2 aliphatic carbocycles. The van der Waals surface area contributed by atoms with Crippen molar-refractivity contribution < 1.29 is 15.0 Å². The van der Waals surface area contributed by atoms with E-state index in [0.717, 1.165) is 19.3 Å². The van der Waals surface area contributed by atoms with Crippen molar-refractivity contribution in [3.05, 3.63) is 0 Å². The Bertz CT molecular complexity index is 279. The van der Waals surface area contributed by atoms with Crippen LogP contribution in [0.1, 0.15) is 46.0 Å². The van der Waals surface area contributed by atoms with Gasteiger partial charge in [0.2, 0.25) is 0 Å². The Morgan fingerprint density at radius 2 is 2.13 bits per heavy atom. The number of aliphatic hydroxyl groups is 1. The summed E-state index contributed by atoms with van der Waals surface area (Å²) in [5, 5.41) is 19.3. The first-order valence-corrected chi connectivity index (χ1v) is 5.79. The van der Waals surface area contributed by atoms with Crippen LogP contribution in [-0.4, -0.2) is 21.8 Å². The maximum absolute atomic E-state index is 11.5. The van der Waals surface area contributed by atoms with E-state index in [4.69, 9.17) is 0 Å². The third kappa shape index (κ3) is 1.78. The number of aliphatic carboxylic acids is 1. The van der Waals surface area contributed by atoms with E-state index in [1.807, 2.05) is 0 Å². The highest BCUT2D eigenvalue weighted by Crippen LogP contribution is 2.58. The molecule has 0 aromatic heterocycles. The molecular weight excluding hydrogens is 192 g/mol. The minimum absolute atomic E-state index is 0.298. The zero-order valence-electron chi connectivity index (χ0n) is 9.49. The molecule has 3 heteroatoms. The zero-order chi connectivity index (χ0) is 11.3. The Labute approximate surface area is 90.5 Å². The molecule has 0 spiro atoms. The van der Waals surface area contributed by atoms with Crippen LogP contribution in [0.4, 0.5) is 0 Å². The van der Waals surface area contributed by atoms with Gasteiger partial charge in [0.25, 0.3) is 0 Å². The highest BCUT2D eigenvalue weighted by atomic mass is 16.4. The molecule has 2 aliphatic rings. The Hall–Kier alpha value is -0.570. The van der Waals surface area contributed by atoms with Gasteiger partial charge < -0.3 is 10.2 Å². The van der Waals surface area contributed by atoms with Gasteiger partial charge in [0.15, 0.2) is 0 Å². The summed E-state index contributed by atoms with van der Waals surface area (Å²) in [6, 6.07) is 0. The molecule has 2 N–H and O–H groups in total. The summed E-state index contributed by atoms with van der Waals surface area (Å²) >= 11 is 0. The fourth-order valence-electron chi connectivity index (χ4n) is 3.77. The lowest BCUT2D eigenvalue weighted by Gasteiger charge is -2.37. The molecule has 0 aliphatic heterocycles. The Morgan fingerprint density at radius 1 is 1.47 bits per heavy atom. The lowest BCUT2D eigenvalue weighted by molar-refractivity contribution is -0.157. The van der Waals surface area contributed by atoms with Crippen LogP contribution >= 0.6 is 0 Å². The smallest absolute Gasteiger partial charge is 0.310 e. The van der Waals surface area contributed by atoms with E-state index in [-0.39, 0.29) is 0 Å². The van der Waals surface area contributed by atoms with E-state index < -0.39 is 17.0 Å². The maximum atomic E-state index is 11.5. The SMILES string of the molecule is CC(C)(O)CC1(C(=O)O)CC2CCC1C2. The van der Waals surface area contributed by atoms with Crippen molar-refractivity contribution in [3.8, 4) is 0 Å². The normalized spacial score (nSPS) is 39.7. The predicted molar refractivity (Wildman–Crippen MR) is 56.4 cm³/mol. The van der Waals surface area contributed by atoms with Crippen molar-refractivity contribution in [2.75, 3.05) is 0 Å². The second-order valence-corrected chi connectivity index (χ2v) is 6.03. The van der Waals surface area contributed by atoms with Gasteiger partial charge in [-0.1, -0.05) is 6.42 Å². The first-order valence-electron chi connectivity index (χ1n) is 5.79. The summed E-state index contributed by atoms with van der Waals surface area (Å²) in [6.45, 7) is 3.42. The minimum Gasteiger partial charge on any atom is -0.481 e. The molecule has 3 unspecified atom stereocenters. The van der Waals surface area contributed by atoms with Crippen LogP contribution in [0.15, 0.2) is 0 Å². The molecule has 0 aromatic rings. The Morgan fingerprint density at radius 3 is 2.47 bits per heavy atom. The van der Waals surface area contributed by atoms with Gasteiger partial charge in [-0.15, -0.1) is 0 Å². The third-order valence-corrected chi connectivity index (χ3v) is 4.15. The van der Waals surface area contributed by atoms with Crippen LogP contribution < -0.4 is 0 Å². The average molecular weight is 212 g/mol. The minimum atomic E-state index is -0.872. The molecule has 3 atom stereocenters. The van der Waals surface area contributed by atoms with Gasteiger partial charge in [-0.2, -0.15) is 0 Å². The maximum Gasteiger partial charge on any atom is 0.310 e. The molecule has 2 bridgehead atoms. The van der Waals surface area contributed by atoms with Crippen molar-refractivity contribution in [1.82, 2.24) is 0 Å². The monoisotopic (exact) mass is 212 g/mol. The fourth-order valence-corrected chi connectivity index (χ4v) is 3.77. The molecule has 2 fully saturated rings. The number of carboxylic acids is 1. The van der Waals surface area contributed by atoms with Gasteiger partial charge in [-0.25, -0.2) is 0 Å². The molecule has 0 aromatic carbocycles. The summed E-state index contributed by atoms with van der Waals surface area (Å²) in [6.07, 6.45) is 4.45. The van der Waals surface area contributed by atoms with Crippen molar-refractivity contribution >= 4 is 5.97 Å². The molecular formula is C12H20O3. The highest BCUT2D eigenvalue weighted by Gasteiger charge is 2.57. The molecule has 0 heterocycles. The highest BCUT2D eigenvalue weighted by molar-refractivity contribution is 5.76. The number of hydrogen-bond acceptors (Lipinski definition) is 2. The Balaban J connectivity index is 2.23. The lowest BCUT2D eigenvalue weighted by atomic mass is 9.67. The van der Waals surface area contributed by atoms with E-state index in [1.165, 1.54) is 6.42 Å².